The maximum absolute atomic E-state index is 5.41. The van der Waals surface area contributed by atoms with Gasteiger partial charge < -0.3 is 4.74 Å². The van der Waals surface area contributed by atoms with Gasteiger partial charge in [0.05, 0.1) is 12.7 Å². The predicted molar refractivity (Wildman–Crippen MR) is 36.5 cm³/mol. The van der Waals surface area contributed by atoms with E-state index in [-0.39, 0.29) is 0 Å². The second-order valence-electron chi connectivity index (χ2n) is 2.78. The van der Waals surface area contributed by atoms with Gasteiger partial charge in [-0.15, -0.1) is 0 Å². The molecule has 1 aliphatic heterocycles. The molecule has 1 aliphatic rings. The minimum atomic E-state index is 0.321. The molecule has 0 spiro atoms. The van der Waals surface area contributed by atoms with Crippen LogP contribution in [0.1, 0.15) is 20.8 Å². The van der Waals surface area contributed by atoms with Gasteiger partial charge in [0.2, 0.25) is 0 Å². The molecular weight excluding hydrogens is 114 g/mol. The Morgan fingerprint density at radius 2 is 2.00 bits per heavy atom. The van der Waals surface area contributed by atoms with E-state index >= 15 is 0 Å². The summed E-state index contributed by atoms with van der Waals surface area (Å²) in [7, 11) is 0. The van der Waals surface area contributed by atoms with Crippen LogP contribution < -0.4 is 5.32 Å². The number of morpholine rings is 1. The quantitative estimate of drug-likeness (QED) is 0.473. The lowest BCUT2D eigenvalue weighted by Gasteiger charge is -2.30. The van der Waals surface area contributed by atoms with E-state index in [1.807, 2.05) is 0 Å². The Hall–Kier alpha value is -0.0800. The lowest BCUT2D eigenvalue weighted by Crippen LogP contribution is -2.45. The molecule has 1 rings (SSSR count). The van der Waals surface area contributed by atoms with Crippen molar-refractivity contribution in [3.05, 3.63) is 0 Å². The Morgan fingerprint density at radius 1 is 1.33 bits per heavy atom. The monoisotopic (exact) mass is 128 g/mol. The van der Waals surface area contributed by atoms with Crippen molar-refractivity contribution in [1.29, 1.82) is 0 Å². The number of rotatable bonds is 0. The lowest BCUT2D eigenvalue weighted by molar-refractivity contribution is -0.00996. The van der Waals surface area contributed by atoms with Crippen LogP contribution in [-0.4, -0.2) is 24.8 Å². The van der Waals surface area contributed by atoms with Crippen molar-refractivity contribution in [2.75, 3.05) is 6.61 Å². The molecule has 3 atom stereocenters. The van der Waals surface area contributed by atoms with Gasteiger partial charge in [0.25, 0.3) is 0 Å². The zero-order chi connectivity index (χ0) is 6.85. The van der Waals surface area contributed by atoms with Gasteiger partial charge in [-0.25, -0.2) is 5.32 Å². The van der Waals surface area contributed by atoms with E-state index in [1.165, 1.54) is 0 Å². The van der Waals surface area contributed by atoms with Crippen LogP contribution >= 0.6 is 0 Å². The van der Waals surface area contributed by atoms with Crippen molar-refractivity contribution in [2.24, 2.45) is 0 Å². The van der Waals surface area contributed by atoms with Crippen molar-refractivity contribution in [3.8, 4) is 0 Å². The highest BCUT2D eigenvalue weighted by atomic mass is 16.5. The summed E-state index contributed by atoms with van der Waals surface area (Å²) in [5.41, 5.74) is 0. The molecule has 1 radical (unpaired) electrons. The Labute approximate surface area is 56.6 Å². The zero-order valence-corrected chi connectivity index (χ0v) is 6.29. The molecule has 2 heteroatoms. The van der Waals surface area contributed by atoms with E-state index in [1.54, 1.807) is 0 Å². The molecule has 1 fully saturated rings. The van der Waals surface area contributed by atoms with E-state index < -0.39 is 0 Å². The van der Waals surface area contributed by atoms with E-state index in [4.69, 9.17) is 4.74 Å². The van der Waals surface area contributed by atoms with Crippen molar-refractivity contribution < 1.29 is 4.74 Å². The van der Waals surface area contributed by atoms with E-state index in [9.17, 15) is 0 Å². The zero-order valence-electron chi connectivity index (χ0n) is 6.29. The molecule has 0 bridgehead atoms. The van der Waals surface area contributed by atoms with Gasteiger partial charge in [-0.05, 0) is 20.8 Å². The summed E-state index contributed by atoms with van der Waals surface area (Å²) in [5, 5.41) is 4.44. The molecule has 1 heterocycles. The van der Waals surface area contributed by atoms with Crippen LogP contribution in [0.2, 0.25) is 0 Å². The summed E-state index contributed by atoms with van der Waals surface area (Å²) in [6, 6.07) is 0.782. The minimum absolute atomic E-state index is 0.321. The fourth-order valence-electron chi connectivity index (χ4n) is 0.996. The molecule has 0 amide bonds. The second kappa shape index (κ2) is 2.67. The first-order valence-corrected chi connectivity index (χ1v) is 3.51. The summed E-state index contributed by atoms with van der Waals surface area (Å²) in [6.45, 7) is 7.05. The number of ether oxygens (including phenoxy) is 1. The third kappa shape index (κ3) is 1.66. The molecule has 0 aromatic rings. The summed E-state index contributed by atoms with van der Waals surface area (Å²) in [5.74, 6) is 0. The van der Waals surface area contributed by atoms with Gasteiger partial charge in [0.1, 0.15) is 0 Å². The molecule has 9 heavy (non-hydrogen) atoms. The van der Waals surface area contributed by atoms with Crippen LogP contribution in [0, 0.1) is 0 Å². The van der Waals surface area contributed by atoms with Crippen molar-refractivity contribution in [1.82, 2.24) is 5.32 Å². The highest BCUT2D eigenvalue weighted by Gasteiger charge is 2.22. The van der Waals surface area contributed by atoms with Gasteiger partial charge >= 0.3 is 0 Å². The predicted octanol–water partition coefficient (Wildman–Crippen LogP) is 0.786. The van der Waals surface area contributed by atoms with Crippen LogP contribution in [0.3, 0.4) is 0 Å². The van der Waals surface area contributed by atoms with Gasteiger partial charge in [-0.2, -0.15) is 0 Å². The van der Waals surface area contributed by atoms with Gasteiger partial charge in [-0.3, -0.25) is 0 Å². The Morgan fingerprint density at radius 3 is 2.44 bits per heavy atom. The van der Waals surface area contributed by atoms with Crippen molar-refractivity contribution >= 4 is 0 Å². The van der Waals surface area contributed by atoms with E-state index in [2.05, 4.69) is 26.1 Å². The van der Waals surface area contributed by atoms with E-state index in [0.29, 0.717) is 18.2 Å². The van der Waals surface area contributed by atoms with Crippen LogP contribution in [0.25, 0.3) is 0 Å². The summed E-state index contributed by atoms with van der Waals surface area (Å²) in [4.78, 5) is 0. The molecule has 53 valence electrons. The van der Waals surface area contributed by atoms with Crippen molar-refractivity contribution in [2.45, 2.75) is 39.0 Å². The smallest absolute Gasteiger partial charge is 0.0714 e. The number of hydrogen-bond donors (Lipinski definition) is 0. The summed E-state index contributed by atoms with van der Waals surface area (Å²) in [6.07, 6.45) is 0.321. The van der Waals surface area contributed by atoms with Gasteiger partial charge in [-0.1, -0.05) is 0 Å². The second-order valence-corrected chi connectivity index (χ2v) is 2.78. The highest BCUT2D eigenvalue weighted by molar-refractivity contribution is 4.76. The topological polar surface area (TPSA) is 23.3 Å². The third-order valence-electron chi connectivity index (χ3n) is 1.77. The van der Waals surface area contributed by atoms with Gasteiger partial charge in [0, 0.05) is 12.1 Å². The Balaban J connectivity index is 2.35. The van der Waals surface area contributed by atoms with Crippen LogP contribution in [0.15, 0.2) is 0 Å². The molecule has 0 aliphatic carbocycles. The molecule has 0 aromatic carbocycles. The molecule has 0 N–H and O–H groups in total. The maximum Gasteiger partial charge on any atom is 0.0714 e. The Bertz CT molecular complexity index is 94.9. The first-order valence-electron chi connectivity index (χ1n) is 3.51. The standard InChI is InChI=1S/C7H14NO/c1-5-4-9-7(3)6(2)8-5/h5-7H,4H2,1-3H3. The van der Waals surface area contributed by atoms with Crippen LogP contribution in [0.4, 0.5) is 0 Å². The molecular formula is C7H14NO. The molecule has 2 nitrogen and oxygen atoms in total. The maximum atomic E-state index is 5.41. The van der Waals surface area contributed by atoms with Gasteiger partial charge in [0.15, 0.2) is 0 Å². The fraction of sp³-hybridized carbons (Fsp3) is 1.00. The lowest BCUT2D eigenvalue weighted by atomic mass is 10.1. The average molecular weight is 128 g/mol. The summed E-state index contributed by atoms with van der Waals surface area (Å²) >= 11 is 0. The fourth-order valence-corrected chi connectivity index (χ4v) is 0.996. The minimum Gasteiger partial charge on any atom is -0.375 e. The molecule has 3 unspecified atom stereocenters. The number of hydrogen-bond acceptors (Lipinski definition) is 1. The largest absolute Gasteiger partial charge is 0.375 e. The van der Waals surface area contributed by atoms with Crippen LogP contribution in [-0.2, 0) is 4.74 Å². The first-order chi connectivity index (χ1) is 4.20. The van der Waals surface area contributed by atoms with Crippen molar-refractivity contribution in [3.63, 3.8) is 0 Å². The molecule has 0 saturated carbocycles. The van der Waals surface area contributed by atoms with E-state index in [0.717, 1.165) is 6.61 Å². The number of nitrogens with zero attached hydrogens (tertiary/aromatic N) is 1. The summed E-state index contributed by atoms with van der Waals surface area (Å²) < 4.78 is 5.41. The van der Waals surface area contributed by atoms with Crippen LogP contribution in [0.5, 0.6) is 0 Å². The normalized spacial score (nSPS) is 45.0. The third-order valence-corrected chi connectivity index (χ3v) is 1.77. The highest BCUT2D eigenvalue weighted by Crippen LogP contribution is 2.07. The average Bonchev–Trinajstić information content (AvgIpc) is 1.80. The molecule has 0 aromatic heterocycles. The first kappa shape index (κ1) is 7.03. The Kier molecular flexibility index (Phi) is 2.09. The molecule has 1 saturated heterocycles. The SMILES string of the molecule is CC1COC(C)C(C)[N]1.